The maximum atomic E-state index is 13.3. The smallest absolute Gasteiger partial charge is 0.266 e. The lowest BCUT2D eigenvalue weighted by atomic mass is 9.84. The van der Waals surface area contributed by atoms with Gasteiger partial charge < -0.3 is 5.32 Å². The standard InChI is InChI=1S/C21H18F2N2O3S/c1-21(2,20(22)23)17(19(27)25-28)24-18(26)15-11-9-14(10-12-15)6-3-4-7-16-8-5-13-29-16/h5,8-13,17,20,28H,1-2H3,(H,24,26)(H,25,27)/t17-/m1/s1. The van der Waals surface area contributed by atoms with Crippen molar-refractivity contribution in [1.82, 2.24) is 10.8 Å². The van der Waals surface area contributed by atoms with Gasteiger partial charge in [-0.3, -0.25) is 14.8 Å². The molecule has 2 aromatic rings. The minimum absolute atomic E-state index is 0.154. The highest BCUT2D eigenvalue weighted by Gasteiger charge is 2.43. The first-order valence-corrected chi connectivity index (χ1v) is 9.32. The predicted molar refractivity (Wildman–Crippen MR) is 105 cm³/mol. The van der Waals surface area contributed by atoms with E-state index in [4.69, 9.17) is 5.21 Å². The minimum atomic E-state index is -2.90. The largest absolute Gasteiger partial charge is 0.339 e. The summed E-state index contributed by atoms with van der Waals surface area (Å²) >= 11 is 1.51. The number of hydroxylamine groups is 1. The Bertz CT molecular complexity index is 979. The summed E-state index contributed by atoms with van der Waals surface area (Å²) in [4.78, 5) is 25.1. The highest BCUT2D eigenvalue weighted by atomic mass is 32.1. The zero-order chi connectivity index (χ0) is 21.4. The highest BCUT2D eigenvalue weighted by molar-refractivity contribution is 7.10. The molecule has 1 heterocycles. The van der Waals surface area contributed by atoms with E-state index in [0.717, 1.165) is 18.7 Å². The van der Waals surface area contributed by atoms with Gasteiger partial charge in [-0.15, -0.1) is 11.3 Å². The monoisotopic (exact) mass is 416 g/mol. The molecule has 0 bridgehead atoms. The Hall–Kier alpha value is -3.20. The van der Waals surface area contributed by atoms with Gasteiger partial charge in [-0.1, -0.05) is 25.8 Å². The van der Waals surface area contributed by atoms with Gasteiger partial charge in [0.25, 0.3) is 11.8 Å². The molecule has 0 saturated heterocycles. The zero-order valence-electron chi connectivity index (χ0n) is 15.6. The molecule has 0 fully saturated rings. The summed E-state index contributed by atoms with van der Waals surface area (Å²) in [6.45, 7) is 2.24. The Balaban J connectivity index is 2.10. The van der Waals surface area contributed by atoms with E-state index >= 15 is 0 Å². The molecule has 0 unspecified atom stereocenters. The third kappa shape index (κ3) is 5.89. The van der Waals surface area contributed by atoms with Gasteiger partial charge in [-0.2, -0.15) is 0 Å². The molecule has 8 heteroatoms. The van der Waals surface area contributed by atoms with Crippen molar-refractivity contribution in [3.05, 3.63) is 57.8 Å². The SMILES string of the molecule is CC(C)(C(F)F)[C@H](NC(=O)c1ccc(C#CC#Cc2cccs2)cc1)C(=O)NO. The van der Waals surface area contributed by atoms with Crippen LogP contribution in [0.15, 0.2) is 41.8 Å². The number of amides is 2. The van der Waals surface area contributed by atoms with Crippen LogP contribution in [-0.4, -0.2) is 29.5 Å². The summed E-state index contributed by atoms with van der Waals surface area (Å²) in [5.41, 5.74) is 0.184. The lowest BCUT2D eigenvalue weighted by molar-refractivity contribution is -0.137. The summed E-state index contributed by atoms with van der Waals surface area (Å²) in [5.74, 6) is 9.30. The van der Waals surface area contributed by atoms with Gasteiger partial charge in [0.15, 0.2) is 0 Å². The number of halogens is 2. The number of carbonyl (C=O) groups is 2. The number of hydrogen-bond acceptors (Lipinski definition) is 4. The van der Waals surface area contributed by atoms with Crippen LogP contribution in [0.25, 0.3) is 0 Å². The molecule has 1 atom stereocenters. The summed E-state index contributed by atoms with van der Waals surface area (Å²) in [5, 5.41) is 13.0. The Morgan fingerprint density at radius 2 is 1.76 bits per heavy atom. The number of benzene rings is 1. The molecule has 1 aromatic heterocycles. The maximum absolute atomic E-state index is 13.3. The number of rotatable bonds is 5. The second kappa shape index (κ2) is 9.83. The van der Waals surface area contributed by atoms with Gasteiger partial charge in [0.05, 0.1) is 10.3 Å². The zero-order valence-corrected chi connectivity index (χ0v) is 16.4. The van der Waals surface area contributed by atoms with Crippen LogP contribution in [0.2, 0.25) is 0 Å². The molecule has 5 nitrogen and oxygen atoms in total. The number of nitrogens with one attached hydrogen (secondary N) is 2. The van der Waals surface area contributed by atoms with Gasteiger partial charge >= 0.3 is 0 Å². The Kier molecular flexibility index (Phi) is 7.49. The molecule has 0 aliphatic carbocycles. The van der Waals surface area contributed by atoms with Crippen LogP contribution in [0.3, 0.4) is 0 Å². The maximum Gasteiger partial charge on any atom is 0.266 e. The number of carbonyl (C=O) groups excluding carboxylic acids is 2. The third-order valence-electron chi connectivity index (χ3n) is 4.08. The van der Waals surface area contributed by atoms with Gasteiger partial charge in [-0.05, 0) is 53.5 Å². The van der Waals surface area contributed by atoms with Gasteiger partial charge in [0.1, 0.15) is 6.04 Å². The quantitative estimate of drug-likeness (QED) is 0.398. The van der Waals surface area contributed by atoms with Crippen molar-refractivity contribution >= 4 is 23.2 Å². The van der Waals surface area contributed by atoms with E-state index in [9.17, 15) is 18.4 Å². The van der Waals surface area contributed by atoms with Crippen molar-refractivity contribution in [3.63, 3.8) is 0 Å². The molecule has 3 N–H and O–H groups in total. The summed E-state index contributed by atoms with van der Waals surface area (Å²) in [6, 6.07) is 8.20. The van der Waals surface area contributed by atoms with Gasteiger partial charge in [-0.25, -0.2) is 14.3 Å². The van der Waals surface area contributed by atoms with Crippen LogP contribution < -0.4 is 10.8 Å². The summed E-state index contributed by atoms with van der Waals surface area (Å²) < 4.78 is 26.5. The van der Waals surface area contributed by atoms with E-state index in [0.29, 0.717) is 5.56 Å². The number of alkyl halides is 2. The fourth-order valence-corrected chi connectivity index (χ4v) is 2.82. The van der Waals surface area contributed by atoms with E-state index in [1.807, 2.05) is 17.5 Å². The fraction of sp³-hybridized carbons (Fsp3) is 0.238. The molecule has 2 rings (SSSR count). The Labute approximate surface area is 171 Å². The molecule has 0 radical (unpaired) electrons. The molecule has 150 valence electrons. The fourth-order valence-electron chi connectivity index (χ4n) is 2.25. The molecule has 0 aliphatic heterocycles. The lowest BCUT2D eigenvalue weighted by Crippen LogP contribution is -2.56. The van der Waals surface area contributed by atoms with Crippen LogP contribution >= 0.6 is 11.3 Å². The van der Waals surface area contributed by atoms with Crippen molar-refractivity contribution in [2.45, 2.75) is 26.3 Å². The molecule has 0 saturated carbocycles. The first kappa shape index (κ1) is 22.1. The van der Waals surface area contributed by atoms with Crippen molar-refractivity contribution in [3.8, 4) is 23.7 Å². The van der Waals surface area contributed by atoms with E-state index < -0.39 is 29.7 Å². The normalized spacial score (nSPS) is 11.5. The number of thiophene rings is 1. The average Bonchev–Trinajstić information content (AvgIpc) is 3.22. The van der Waals surface area contributed by atoms with Crippen molar-refractivity contribution in [2.24, 2.45) is 5.41 Å². The molecule has 2 amide bonds. The minimum Gasteiger partial charge on any atom is -0.339 e. The van der Waals surface area contributed by atoms with Gasteiger partial charge in [0, 0.05) is 11.1 Å². The number of hydrogen-bond donors (Lipinski definition) is 3. The van der Waals surface area contributed by atoms with Crippen molar-refractivity contribution in [1.29, 1.82) is 0 Å². The van der Waals surface area contributed by atoms with Crippen LogP contribution in [0.1, 0.15) is 34.6 Å². The second-order valence-corrected chi connectivity index (χ2v) is 7.51. The second-order valence-electron chi connectivity index (χ2n) is 6.56. The third-order valence-corrected chi connectivity index (χ3v) is 4.86. The van der Waals surface area contributed by atoms with E-state index in [-0.39, 0.29) is 5.56 Å². The highest BCUT2D eigenvalue weighted by Crippen LogP contribution is 2.29. The van der Waals surface area contributed by atoms with Crippen molar-refractivity contribution < 1.29 is 23.6 Å². The first-order valence-electron chi connectivity index (χ1n) is 8.44. The lowest BCUT2D eigenvalue weighted by Gasteiger charge is -2.32. The molecular formula is C21H18F2N2O3S. The van der Waals surface area contributed by atoms with Crippen LogP contribution in [0.4, 0.5) is 8.78 Å². The predicted octanol–water partition coefficient (Wildman–Crippen LogP) is 3.05. The molecule has 0 spiro atoms. The summed E-state index contributed by atoms with van der Waals surface area (Å²) in [6.07, 6.45) is -2.90. The van der Waals surface area contributed by atoms with Crippen molar-refractivity contribution in [2.75, 3.05) is 0 Å². The Morgan fingerprint density at radius 3 is 2.31 bits per heavy atom. The average molecular weight is 416 g/mol. The van der Waals surface area contributed by atoms with Crippen LogP contribution in [0.5, 0.6) is 0 Å². The van der Waals surface area contributed by atoms with Gasteiger partial charge in [0.2, 0.25) is 6.43 Å². The first-order chi connectivity index (χ1) is 13.8. The Morgan fingerprint density at radius 1 is 1.10 bits per heavy atom. The molecule has 1 aromatic carbocycles. The van der Waals surface area contributed by atoms with Crippen LogP contribution in [0, 0.1) is 29.1 Å². The van der Waals surface area contributed by atoms with E-state index in [2.05, 4.69) is 29.0 Å². The molecular weight excluding hydrogens is 398 g/mol. The summed E-state index contributed by atoms with van der Waals surface area (Å²) in [7, 11) is 0. The van der Waals surface area contributed by atoms with E-state index in [1.54, 1.807) is 12.1 Å². The van der Waals surface area contributed by atoms with E-state index in [1.165, 1.54) is 28.9 Å². The van der Waals surface area contributed by atoms with Crippen LogP contribution in [-0.2, 0) is 4.79 Å². The molecule has 29 heavy (non-hydrogen) atoms. The topological polar surface area (TPSA) is 78.4 Å². The molecule has 0 aliphatic rings.